The van der Waals surface area contributed by atoms with Crippen molar-refractivity contribution >= 4 is 22.9 Å². The van der Waals surface area contributed by atoms with Gasteiger partial charge in [0.25, 0.3) is 0 Å². The molecular formula is C25H26N4O. The van der Waals surface area contributed by atoms with Crippen molar-refractivity contribution in [2.45, 2.75) is 13.8 Å². The Morgan fingerprint density at radius 1 is 0.900 bits per heavy atom. The van der Waals surface area contributed by atoms with Gasteiger partial charge in [-0.2, -0.15) is 5.10 Å². The number of rotatable bonds is 5. The van der Waals surface area contributed by atoms with Gasteiger partial charge < -0.3 is 9.64 Å². The molecule has 0 aromatic heterocycles. The van der Waals surface area contributed by atoms with Gasteiger partial charge in [-0.05, 0) is 62.4 Å². The van der Waals surface area contributed by atoms with Crippen LogP contribution in [0.1, 0.15) is 29.2 Å². The van der Waals surface area contributed by atoms with E-state index in [1.807, 2.05) is 45.3 Å². The zero-order valence-electron chi connectivity index (χ0n) is 17.8. The lowest BCUT2D eigenvalue weighted by Crippen LogP contribution is -2.19. The second kappa shape index (κ2) is 8.41. The first-order valence-corrected chi connectivity index (χ1v) is 10.1. The maximum absolute atomic E-state index is 5.55. The van der Waals surface area contributed by atoms with Crippen molar-refractivity contribution in [3.8, 4) is 5.75 Å². The minimum Gasteiger partial charge on any atom is -0.494 e. The molecule has 0 fully saturated rings. The highest BCUT2D eigenvalue weighted by atomic mass is 16.5. The molecule has 1 N–H and O–H groups in total. The van der Waals surface area contributed by atoms with Gasteiger partial charge in [-0.1, -0.05) is 23.8 Å². The van der Waals surface area contributed by atoms with Gasteiger partial charge in [0.05, 0.1) is 18.0 Å². The Morgan fingerprint density at radius 2 is 1.60 bits per heavy atom. The number of benzene rings is 3. The first kappa shape index (κ1) is 19.7. The smallest absolute Gasteiger partial charge is 0.154 e. The third-order valence-corrected chi connectivity index (χ3v) is 5.01. The maximum atomic E-state index is 5.55. The predicted molar refractivity (Wildman–Crippen MR) is 125 cm³/mol. The number of fused-ring (bicyclic) bond motifs is 1. The number of ether oxygens (including phenoxy) is 1. The van der Waals surface area contributed by atoms with Crippen molar-refractivity contribution in [1.82, 2.24) is 5.43 Å². The van der Waals surface area contributed by atoms with Crippen molar-refractivity contribution in [2.75, 3.05) is 25.6 Å². The molecule has 0 spiro atoms. The topological polar surface area (TPSA) is 49.2 Å². The van der Waals surface area contributed by atoms with Crippen LogP contribution in [0.3, 0.4) is 0 Å². The van der Waals surface area contributed by atoms with E-state index in [0.29, 0.717) is 12.4 Å². The number of amidine groups is 1. The van der Waals surface area contributed by atoms with Gasteiger partial charge in [0, 0.05) is 36.5 Å². The quantitative estimate of drug-likeness (QED) is 0.665. The van der Waals surface area contributed by atoms with Gasteiger partial charge in [0.15, 0.2) is 5.84 Å². The van der Waals surface area contributed by atoms with Gasteiger partial charge in [-0.25, -0.2) is 4.99 Å². The number of aliphatic imine (C=N–C) groups is 1. The monoisotopic (exact) mass is 398 g/mol. The summed E-state index contributed by atoms with van der Waals surface area (Å²) in [6.45, 7) is 4.71. The molecule has 152 valence electrons. The molecular weight excluding hydrogens is 372 g/mol. The molecule has 30 heavy (non-hydrogen) atoms. The van der Waals surface area contributed by atoms with Crippen LogP contribution in [-0.4, -0.2) is 32.2 Å². The molecule has 1 aliphatic heterocycles. The van der Waals surface area contributed by atoms with E-state index in [0.717, 1.165) is 39.5 Å². The SMILES string of the molecule is CCOc1ccc(C2=Nc3ccc(C)cc3C(c3ccc(N(C)C)cc3)=NN2)cc1. The first-order chi connectivity index (χ1) is 14.5. The molecule has 1 heterocycles. The van der Waals surface area contributed by atoms with Crippen molar-refractivity contribution in [3.63, 3.8) is 0 Å². The minimum absolute atomic E-state index is 0.644. The van der Waals surface area contributed by atoms with Crippen molar-refractivity contribution < 1.29 is 4.74 Å². The van der Waals surface area contributed by atoms with E-state index in [-0.39, 0.29) is 0 Å². The molecule has 5 heteroatoms. The van der Waals surface area contributed by atoms with E-state index in [4.69, 9.17) is 14.8 Å². The lowest BCUT2D eigenvalue weighted by molar-refractivity contribution is 0.340. The van der Waals surface area contributed by atoms with Crippen LogP contribution in [0.25, 0.3) is 0 Å². The highest BCUT2D eigenvalue weighted by Gasteiger charge is 2.17. The maximum Gasteiger partial charge on any atom is 0.154 e. The van der Waals surface area contributed by atoms with Crippen LogP contribution in [0.4, 0.5) is 11.4 Å². The Bertz CT molecular complexity index is 1100. The van der Waals surface area contributed by atoms with Crippen molar-refractivity contribution in [2.24, 2.45) is 10.1 Å². The number of nitrogens with one attached hydrogen (secondary N) is 1. The van der Waals surface area contributed by atoms with Crippen LogP contribution in [0.15, 0.2) is 76.8 Å². The minimum atomic E-state index is 0.644. The Labute approximate surface area is 177 Å². The average molecular weight is 399 g/mol. The second-order valence-electron chi connectivity index (χ2n) is 7.45. The van der Waals surface area contributed by atoms with E-state index in [2.05, 4.69) is 59.7 Å². The van der Waals surface area contributed by atoms with Crippen LogP contribution in [0, 0.1) is 6.92 Å². The summed E-state index contributed by atoms with van der Waals surface area (Å²) in [5, 5.41) is 4.76. The molecule has 0 aliphatic carbocycles. The summed E-state index contributed by atoms with van der Waals surface area (Å²) >= 11 is 0. The molecule has 3 aromatic carbocycles. The van der Waals surface area contributed by atoms with Crippen LogP contribution in [0.5, 0.6) is 5.75 Å². The molecule has 3 aromatic rings. The fourth-order valence-corrected chi connectivity index (χ4v) is 3.39. The van der Waals surface area contributed by atoms with Crippen molar-refractivity contribution in [3.05, 3.63) is 89.0 Å². The molecule has 0 atom stereocenters. The van der Waals surface area contributed by atoms with E-state index >= 15 is 0 Å². The third-order valence-electron chi connectivity index (χ3n) is 5.01. The summed E-state index contributed by atoms with van der Waals surface area (Å²) in [5.74, 6) is 1.56. The zero-order valence-corrected chi connectivity index (χ0v) is 17.8. The standard InChI is InChI=1S/C25H26N4O/c1-5-30-21-13-9-19(10-14-21)25-26-23-15-6-17(2)16-22(23)24(27-28-25)18-7-11-20(12-8-18)29(3)4/h6-16H,5H2,1-4H3,(H,26,28). The average Bonchev–Trinajstić information content (AvgIpc) is 2.94. The van der Waals surface area contributed by atoms with E-state index in [1.54, 1.807) is 0 Å². The molecule has 0 bridgehead atoms. The summed E-state index contributed by atoms with van der Waals surface area (Å²) in [6.07, 6.45) is 0. The van der Waals surface area contributed by atoms with Gasteiger partial charge in [-0.15, -0.1) is 0 Å². The number of anilines is 1. The summed E-state index contributed by atoms with van der Waals surface area (Å²) in [4.78, 5) is 6.98. The summed E-state index contributed by atoms with van der Waals surface area (Å²) in [5.41, 5.74) is 10.3. The lowest BCUT2D eigenvalue weighted by atomic mass is 9.98. The van der Waals surface area contributed by atoms with Gasteiger partial charge >= 0.3 is 0 Å². The summed E-state index contributed by atoms with van der Waals surface area (Å²) in [6, 6.07) is 22.6. The Morgan fingerprint density at radius 3 is 2.27 bits per heavy atom. The Hall–Kier alpha value is -3.60. The number of hydrazone groups is 1. The van der Waals surface area contributed by atoms with Crippen LogP contribution >= 0.6 is 0 Å². The number of aryl methyl sites for hydroxylation is 1. The summed E-state index contributed by atoms with van der Waals surface area (Å²) in [7, 11) is 4.07. The van der Waals surface area contributed by atoms with E-state index < -0.39 is 0 Å². The molecule has 0 unspecified atom stereocenters. The predicted octanol–water partition coefficient (Wildman–Crippen LogP) is 4.89. The second-order valence-corrected chi connectivity index (χ2v) is 7.45. The van der Waals surface area contributed by atoms with E-state index in [1.165, 1.54) is 5.56 Å². The first-order valence-electron chi connectivity index (χ1n) is 10.1. The molecule has 0 saturated carbocycles. The molecule has 0 amide bonds. The van der Waals surface area contributed by atoms with Crippen LogP contribution in [-0.2, 0) is 0 Å². The van der Waals surface area contributed by atoms with Gasteiger partial charge in [-0.3, -0.25) is 5.43 Å². The zero-order chi connectivity index (χ0) is 21.1. The Kier molecular flexibility index (Phi) is 5.53. The fourth-order valence-electron chi connectivity index (χ4n) is 3.39. The highest BCUT2D eigenvalue weighted by molar-refractivity contribution is 6.18. The molecule has 0 saturated heterocycles. The molecule has 4 rings (SSSR count). The summed E-state index contributed by atoms with van der Waals surface area (Å²) < 4.78 is 5.55. The van der Waals surface area contributed by atoms with E-state index in [9.17, 15) is 0 Å². The largest absolute Gasteiger partial charge is 0.494 e. The fraction of sp³-hybridized carbons (Fsp3) is 0.200. The lowest BCUT2D eigenvalue weighted by Gasteiger charge is -2.14. The molecule has 5 nitrogen and oxygen atoms in total. The number of nitrogens with zero attached hydrogens (tertiary/aromatic N) is 3. The number of hydrogen-bond donors (Lipinski definition) is 1. The van der Waals surface area contributed by atoms with Gasteiger partial charge in [0.2, 0.25) is 0 Å². The normalized spacial score (nSPS) is 12.8. The number of hydrogen-bond acceptors (Lipinski definition) is 5. The van der Waals surface area contributed by atoms with Crippen LogP contribution < -0.4 is 15.1 Å². The van der Waals surface area contributed by atoms with Gasteiger partial charge in [0.1, 0.15) is 5.75 Å². The highest BCUT2D eigenvalue weighted by Crippen LogP contribution is 2.28. The van der Waals surface area contributed by atoms with Crippen LogP contribution in [0.2, 0.25) is 0 Å². The Balaban J connectivity index is 1.75. The van der Waals surface area contributed by atoms with Crippen molar-refractivity contribution in [1.29, 1.82) is 0 Å². The molecule has 1 aliphatic rings. The third kappa shape index (κ3) is 4.06. The molecule has 0 radical (unpaired) electrons.